The van der Waals surface area contributed by atoms with Gasteiger partial charge in [-0.2, -0.15) is 0 Å². The number of nitrogens with zero attached hydrogens (tertiary/aromatic N) is 2. The molecule has 1 aliphatic rings. The Morgan fingerprint density at radius 3 is 2.80 bits per heavy atom. The predicted molar refractivity (Wildman–Crippen MR) is 80.1 cm³/mol. The average molecular weight is 280 g/mol. The van der Waals surface area contributed by atoms with E-state index in [1.54, 1.807) is 0 Å². The standard InChI is InChI=1S/C16H12N2OS/c19-14-7-3-6-12-15(14)20-16(18-12)13-9-8-10-4-1-2-5-11(10)17-13/h1-2,4-5,8-9H,3,6-7H2. The van der Waals surface area contributed by atoms with Crippen molar-refractivity contribution in [3.63, 3.8) is 0 Å². The number of thiazole rings is 1. The molecule has 4 rings (SSSR count). The third-order valence-corrected chi connectivity index (χ3v) is 4.75. The number of aryl methyl sites for hydroxylation is 1. The molecule has 0 amide bonds. The van der Waals surface area contributed by atoms with Gasteiger partial charge in [0.05, 0.1) is 21.8 Å². The zero-order valence-corrected chi connectivity index (χ0v) is 11.6. The van der Waals surface area contributed by atoms with E-state index in [9.17, 15) is 4.79 Å². The number of carbonyl (C=O) groups excluding carboxylic acids is 1. The fourth-order valence-electron chi connectivity index (χ4n) is 2.56. The van der Waals surface area contributed by atoms with Crippen LogP contribution >= 0.6 is 11.3 Å². The molecule has 0 N–H and O–H groups in total. The first kappa shape index (κ1) is 11.7. The lowest BCUT2D eigenvalue weighted by Gasteiger charge is -2.06. The molecule has 0 radical (unpaired) electrons. The predicted octanol–water partition coefficient (Wildman–Crippen LogP) is 3.88. The summed E-state index contributed by atoms with van der Waals surface area (Å²) in [7, 11) is 0. The topological polar surface area (TPSA) is 42.9 Å². The van der Waals surface area contributed by atoms with Gasteiger partial charge in [-0.3, -0.25) is 4.79 Å². The number of Topliss-reactive ketones (excluding diaryl/α,β-unsaturated/α-hetero) is 1. The average Bonchev–Trinajstić information content (AvgIpc) is 2.92. The van der Waals surface area contributed by atoms with Crippen molar-refractivity contribution in [3.8, 4) is 10.7 Å². The Labute approximate surface area is 120 Å². The molecule has 1 aromatic carbocycles. The minimum atomic E-state index is 0.232. The molecule has 3 aromatic rings. The molecule has 4 heteroatoms. The number of aromatic nitrogens is 2. The second-order valence-corrected chi connectivity index (χ2v) is 5.96. The van der Waals surface area contributed by atoms with E-state index < -0.39 is 0 Å². The van der Waals surface area contributed by atoms with Crippen LogP contribution in [0.15, 0.2) is 36.4 Å². The van der Waals surface area contributed by atoms with Gasteiger partial charge in [-0.25, -0.2) is 9.97 Å². The number of hydrogen-bond acceptors (Lipinski definition) is 4. The Kier molecular flexibility index (Phi) is 2.63. The molecular formula is C16H12N2OS. The minimum Gasteiger partial charge on any atom is -0.293 e. The van der Waals surface area contributed by atoms with Gasteiger partial charge >= 0.3 is 0 Å². The van der Waals surface area contributed by atoms with Gasteiger partial charge < -0.3 is 0 Å². The second kappa shape index (κ2) is 4.49. The Hall–Kier alpha value is -2.07. The Balaban J connectivity index is 1.85. The van der Waals surface area contributed by atoms with E-state index in [-0.39, 0.29) is 5.78 Å². The lowest BCUT2D eigenvalue weighted by molar-refractivity contribution is 0.0976. The van der Waals surface area contributed by atoms with Gasteiger partial charge in [-0.1, -0.05) is 24.3 Å². The van der Waals surface area contributed by atoms with Crippen LogP contribution in [0.25, 0.3) is 21.6 Å². The molecule has 98 valence electrons. The van der Waals surface area contributed by atoms with E-state index >= 15 is 0 Å². The Morgan fingerprint density at radius 2 is 1.90 bits per heavy atom. The molecule has 0 saturated heterocycles. The largest absolute Gasteiger partial charge is 0.293 e. The molecule has 0 fully saturated rings. The normalized spacial score (nSPS) is 14.5. The molecule has 2 aromatic heterocycles. The SMILES string of the molecule is O=C1CCCc2nc(-c3ccc4ccccc4n3)sc21. The van der Waals surface area contributed by atoms with E-state index in [2.05, 4.69) is 16.0 Å². The summed E-state index contributed by atoms with van der Waals surface area (Å²) < 4.78 is 0. The first-order valence-electron chi connectivity index (χ1n) is 6.70. The molecule has 0 saturated carbocycles. The van der Waals surface area contributed by atoms with Crippen LogP contribution < -0.4 is 0 Å². The van der Waals surface area contributed by atoms with Gasteiger partial charge in [0.25, 0.3) is 0 Å². The van der Waals surface area contributed by atoms with E-state index in [1.807, 2.05) is 30.3 Å². The molecule has 0 aliphatic heterocycles. The quantitative estimate of drug-likeness (QED) is 0.679. The van der Waals surface area contributed by atoms with Crippen LogP contribution in [0, 0.1) is 0 Å². The zero-order chi connectivity index (χ0) is 13.5. The smallest absolute Gasteiger partial charge is 0.174 e. The van der Waals surface area contributed by atoms with Crippen molar-refractivity contribution in [1.82, 2.24) is 9.97 Å². The van der Waals surface area contributed by atoms with Crippen molar-refractivity contribution < 1.29 is 4.79 Å². The number of fused-ring (bicyclic) bond motifs is 2. The van der Waals surface area contributed by atoms with Crippen LogP contribution in [0.4, 0.5) is 0 Å². The number of carbonyl (C=O) groups is 1. The summed E-state index contributed by atoms with van der Waals surface area (Å²) in [5.74, 6) is 0.232. The van der Waals surface area contributed by atoms with Crippen LogP contribution in [0.1, 0.15) is 28.2 Å². The monoisotopic (exact) mass is 280 g/mol. The molecule has 0 unspecified atom stereocenters. The highest BCUT2D eigenvalue weighted by Gasteiger charge is 2.22. The van der Waals surface area contributed by atoms with Crippen molar-refractivity contribution in [2.75, 3.05) is 0 Å². The summed E-state index contributed by atoms with van der Waals surface area (Å²) in [5, 5.41) is 1.98. The van der Waals surface area contributed by atoms with Crippen LogP contribution in [-0.4, -0.2) is 15.8 Å². The number of rotatable bonds is 1. The van der Waals surface area contributed by atoms with Crippen molar-refractivity contribution in [2.45, 2.75) is 19.3 Å². The highest BCUT2D eigenvalue weighted by atomic mass is 32.1. The maximum Gasteiger partial charge on any atom is 0.174 e. The zero-order valence-electron chi connectivity index (χ0n) is 10.8. The lowest BCUT2D eigenvalue weighted by Crippen LogP contribution is -2.07. The molecule has 0 spiro atoms. The number of hydrogen-bond donors (Lipinski definition) is 0. The van der Waals surface area contributed by atoms with Gasteiger partial charge in [0.1, 0.15) is 5.01 Å². The molecule has 3 nitrogen and oxygen atoms in total. The summed E-state index contributed by atoms with van der Waals surface area (Å²) in [5.41, 5.74) is 2.77. The third-order valence-electron chi connectivity index (χ3n) is 3.59. The first-order chi connectivity index (χ1) is 9.81. The lowest BCUT2D eigenvalue weighted by atomic mass is 10.0. The van der Waals surface area contributed by atoms with Crippen molar-refractivity contribution in [1.29, 1.82) is 0 Å². The highest BCUT2D eigenvalue weighted by molar-refractivity contribution is 7.17. The van der Waals surface area contributed by atoms with Crippen LogP contribution in [0.2, 0.25) is 0 Å². The number of benzene rings is 1. The fraction of sp³-hybridized carbons (Fsp3) is 0.188. The molecule has 2 heterocycles. The maximum atomic E-state index is 11.9. The Bertz CT molecular complexity index is 822. The van der Waals surface area contributed by atoms with Crippen molar-refractivity contribution in [3.05, 3.63) is 47.0 Å². The van der Waals surface area contributed by atoms with Crippen molar-refractivity contribution in [2.24, 2.45) is 0 Å². The van der Waals surface area contributed by atoms with E-state index in [0.717, 1.165) is 45.0 Å². The summed E-state index contributed by atoms with van der Waals surface area (Å²) in [6, 6.07) is 12.1. The number of pyridine rings is 1. The van der Waals surface area contributed by atoms with Crippen LogP contribution in [-0.2, 0) is 6.42 Å². The summed E-state index contributed by atoms with van der Waals surface area (Å²) in [6.45, 7) is 0. The van der Waals surface area contributed by atoms with Gasteiger partial charge in [-0.05, 0) is 25.0 Å². The van der Waals surface area contributed by atoms with Gasteiger partial charge in [0.15, 0.2) is 5.78 Å². The molecule has 1 aliphatic carbocycles. The van der Waals surface area contributed by atoms with Crippen LogP contribution in [0.3, 0.4) is 0 Å². The minimum absolute atomic E-state index is 0.232. The van der Waals surface area contributed by atoms with Gasteiger partial charge in [-0.15, -0.1) is 11.3 Å². The van der Waals surface area contributed by atoms with Gasteiger partial charge in [0, 0.05) is 11.8 Å². The van der Waals surface area contributed by atoms with Crippen LogP contribution in [0.5, 0.6) is 0 Å². The summed E-state index contributed by atoms with van der Waals surface area (Å²) in [4.78, 5) is 22.0. The summed E-state index contributed by atoms with van der Waals surface area (Å²) in [6.07, 6.45) is 2.48. The first-order valence-corrected chi connectivity index (χ1v) is 7.52. The number of ketones is 1. The summed E-state index contributed by atoms with van der Waals surface area (Å²) >= 11 is 1.48. The Morgan fingerprint density at radius 1 is 1.00 bits per heavy atom. The van der Waals surface area contributed by atoms with E-state index in [0.29, 0.717) is 6.42 Å². The highest BCUT2D eigenvalue weighted by Crippen LogP contribution is 2.32. The van der Waals surface area contributed by atoms with E-state index in [1.165, 1.54) is 11.3 Å². The number of para-hydroxylation sites is 1. The van der Waals surface area contributed by atoms with E-state index in [4.69, 9.17) is 0 Å². The fourth-order valence-corrected chi connectivity index (χ4v) is 3.61. The van der Waals surface area contributed by atoms with Gasteiger partial charge in [0.2, 0.25) is 0 Å². The molecule has 0 bridgehead atoms. The van der Waals surface area contributed by atoms with Crippen molar-refractivity contribution >= 4 is 28.0 Å². The molecule has 20 heavy (non-hydrogen) atoms. The molecule has 0 atom stereocenters. The molecular weight excluding hydrogens is 268 g/mol. The second-order valence-electron chi connectivity index (χ2n) is 4.96. The maximum absolute atomic E-state index is 11.9. The third kappa shape index (κ3) is 1.84.